The molecule has 0 aliphatic heterocycles. The molecule has 10 heteroatoms. The highest BCUT2D eigenvalue weighted by molar-refractivity contribution is 5.81. The molecule has 4 nitrogen and oxygen atoms in total. The molecule has 132 valence electrons. The molecular weight excluding hydrogens is 340 g/mol. The van der Waals surface area contributed by atoms with Gasteiger partial charge in [-0.25, -0.2) is 0 Å². The van der Waals surface area contributed by atoms with Crippen molar-refractivity contribution in [3.05, 3.63) is 34.9 Å². The minimum Gasteiger partial charge on any atom is -0.368 e. The number of carbonyl (C=O) groups is 1. The van der Waals surface area contributed by atoms with Crippen molar-refractivity contribution < 1.29 is 31.1 Å². The van der Waals surface area contributed by atoms with Gasteiger partial charge >= 0.3 is 12.4 Å². The van der Waals surface area contributed by atoms with Gasteiger partial charge in [0.1, 0.15) is 12.1 Å². The molecule has 0 aromatic heterocycles. The second-order valence-electron chi connectivity index (χ2n) is 4.92. The standard InChI is InChI=1S/C14H13F6N3O/c1-2-10(14(18,19)20)23-11(12(22)24)7-3-4-8(6-21)9(5-7)13(15,16)17/h3-5,10-11,23H,2H2,1H3,(H2,22,24). The fraction of sp³-hybridized carbons (Fsp3) is 0.429. The van der Waals surface area contributed by atoms with Gasteiger partial charge in [0.2, 0.25) is 5.91 Å². The number of nitrogens with two attached hydrogens (primary N) is 1. The van der Waals surface area contributed by atoms with Crippen molar-refractivity contribution in [3.63, 3.8) is 0 Å². The summed E-state index contributed by atoms with van der Waals surface area (Å²) in [5.41, 5.74) is 2.56. The number of carbonyl (C=O) groups excluding carboxylic acids is 1. The van der Waals surface area contributed by atoms with Crippen molar-refractivity contribution >= 4 is 5.91 Å². The van der Waals surface area contributed by atoms with Crippen molar-refractivity contribution in [2.24, 2.45) is 5.73 Å². The second kappa shape index (κ2) is 7.09. The van der Waals surface area contributed by atoms with E-state index in [1.807, 2.05) is 5.32 Å². The number of alkyl halides is 6. The minimum atomic E-state index is -4.91. The monoisotopic (exact) mass is 353 g/mol. The lowest BCUT2D eigenvalue weighted by Crippen LogP contribution is -2.47. The number of nitrogens with one attached hydrogen (secondary N) is 1. The fourth-order valence-corrected chi connectivity index (χ4v) is 2.06. The molecule has 0 saturated carbocycles. The first-order valence-corrected chi connectivity index (χ1v) is 6.65. The molecule has 0 fully saturated rings. The van der Waals surface area contributed by atoms with Crippen LogP contribution in [0.25, 0.3) is 0 Å². The topological polar surface area (TPSA) is 78.9 Å². The van der Waals surface area contributed by atoms with Gasteiger partial charge in [0.15, 0.2) is 0 Å². The Balaban J connectivity index is 3.33. The van der Waals surface area contributed by atoms with E-state index in [9.17, 15) is 31.1 Å². The number of rotatable bonds is 5. The van der Waals surface area contributed by atoms with Crippen LogP contribution < -0.4 is 11.1 Å². The van der Waals surface area contributed by atoms with Gasteiger partial charge in [-0.15, -0.1) is 0 Å². The van der Waals surface area contributed by atoms with Gasteiger partial charge in [-0.1, -0.05) is 13.0 Å². The molecule has 3 N–H and O–H groups in total. The quantitative estimate of drug-likeness (QED) is 0.799. The number of hydrogen-bond donors (Lipinski definition) is 2. The van der Waals surface area contributed by atoms with E-state index in [1.165, 1.54) is 13.0 Å². The van der Waals surface area contributed by atoms with E-state index in [0.29, 0.717) is 6.07 Å². The number of nitrogens with zero attached hydrogens (tertiary/aromatic N) is 1. The lowest BCUT2D eigenvalue weighted by molar-refractivity contribution is -0.159. The third-order valence-corrected chi connectivity index (χ3v) is 3.26. The van der Waals surface area contributed by atoms with Crippen LogP contribution >= 0.6 is 0 Å². The summed E-state index contributed by atoms with van der Waals surface area (Å²) in [5.74, 6) is -1.27. The lowest BCUT2D eigenvalue weighted by Gasteiger charge is -2.25. The molecule has 0 saturated heterocycles. The third kappa shape index (κ3) is 4.61. The van der Waals surface area contributed by atoms with Crippen LogP contribution in [0.15, 0.2) is 18.2 Å². The maximum atomic E-state index is 12.9. The predicted octanol–water partition coefficient (Wildman–Crippen LogP) is 3.03. The van der Waals surface area contributed by atoms with E-state index < -0.39 is 53.5 Å². The van der Waals surface area contributed by atoms with Crippen molar-refractivity contribution in [3.8, 4) is 6.07 Å². The van der Waals surface area contributed by atoms with Crippen LogP contribution in [0.4, 0.5) is 26.3 Å². The molecule has 1 aromatic carbocycles. The van der Waals surface area contributed by atoms with Gasteiger partial charge in [-0.2, -0.15) is 31.6 Å². The average Bonchev–Trinajstić information content (AvgIpc) is 2.45. The molecule has 2 unspecified atom stereocenters. The summed E-state index contributed by atoms with van der Waals surface area (Å²) in [6.45, 7) is 1.20. The van der Waals surface area contributed by atoms with E-state index in [1.54, 1.807) is 0 Å². The molecule has 1 aromatic rings. The SMILES string of the molecule is CCC(NC(C(N)=O)c1ccc(C#N)c(C(F)(F)F)c1)C(F)(F)F. The van der Waals surface area contributed by atoms with Crippen molar-refractivity contribution in [1.29, 1.82) is 5.26 Å². The zero-order valence-corrected chi connectivity index (χ0v) is 12.3. The maximum absolute atomic E-state index is 12.9. The van der Waals surface area contributed by atoms with E-state index in [-0.39, 0.29) is 0 Å². The molecule has 1 rings (SSSR count). The fourth-order valence-electron chi connectivity index (χ4n) is 2.06. The summed E-state index contributed by atoms with van der Waals surface area (Å²) >= 11 is 0. The van der Waals surface area contributed by atoms with Crippen LogP contribution in [0, 0.1) is 11.3 Å². The summed E-state index contributed by atoms with van der Waals surface area (Å²) < 4.78 is 77.2. The van der Waals surface area contributed by atoms with Crippen molar-refractivity contribution in [2.75, 3.05) is 0 Å². The van der Waals surface area contributed by atoms with Gasteiger partial charge in [-0.05, 0) is 24.1 Å². The van der Waals surface area contributed by atoms with Crippen LogP contribution in [-0.4, -0.2) is 18.1 Å². The smallest absolute Gasteiger partial charge is 0.368 e. The van der Waals surface area contributed by atoms with Crippen molar-refractivity contribution in [2.45, 2.75) is 37.8 Å². The van der Waals surface area contributed by atoms with Gasteiger partial charge in [0, 0.05) is 0 Å². The third-order valence-electron chi connectivity index (χ3n) is 3.26. The molecule has 2 atom stereocenters. The van der Waals surface area contributed by atoms with Crippen LogP contribution in [-0.2, 0) is 11.0 Å². The van der Waals surface area contributed by atoms with E-state index in [4.69, 9.17) is 11.0 Å². The Kier molecular flexibility index (Phi) is 5.84. The zero-order chi connectivity index (χ0) is 18.7. The summed E-state index contributed by atoms with van der Waals surface area (Å²) in [6.07, 6.45) is -10.1. The van der Waals surface area contributed by atoms with Crippen molar-refractivity contribution in [1.82, 2.24) is 5.32 Å². The Bertz CT molecular complexity index is 647. The summed E-state index contributed by atoms with van der Waals surface area (Å²) in [6, 6.07) is -0.386. The molecular formula is C14H13F6N3O. The Morgan fingerprint density at radius 3 is 2.25 bits per heavy atom. The highest BCUT2D eigenvalue weighted by Crippen LogP contribution is 2.34. The largest absolute Gasteiger partial charge is 0.417 e. The van der Waals surface area contributed by atoms with Crippen LogP contribution in [0.3, 0.4) is 0 Å². The molecule has 0 spiro atoms. The Hall–Kier alpha value is -2.28. The number of benzene rings is 1. The van der Waals surface area contributed by atoms with E-state index in [0.717, 1.165) is 12.1 Å². The molecule has 0 heterocycles. The molecule has 0 aliphatic carbocycles. The Labute approximate surface area is 133 Å². The Morgan fingerprint density at radius 1 is 1.29 bits per heavy atom. The number of nitriles is 1. The van der Waals surface area contributed by atoms with E-state index >= 15 is 0 Å². The number of primary amides is 1. The number of hydrogen-bond acceptors (Lipinski definition) is 3. The molecule has 24 heavy (non-hydrogen) atoms. The highest BCUT2D eigenvalue weighted by atomic mass is 19.4. The van der Waals surface area contributed by atoms with Gasteiger partial charge < -0.3 is 5.73 Å². The normalized spacial score (nSPS) is 14.8. The maximum Gasteiger partial charge on any atom is 0.417 e. The molecule has 1 amide bonds. The van der Waals surface area contributed by atoms with Gasteiger partial charge in [0.25, 0.3) is 0 Å². The predicted molar refractivity (Wildman–Crippen MR) is 71.4 cm³/mol. The van der Waals surface area contributed by atoms with Crippen LogP contribution in [0.1, 0.15) is 36.1 Å². The van der Waals surface area contributed by atoms with Gasteiger partial charge in [-0.3, -0.25) is 10.1 Å². The Morgan fingerprint density at radius 2 is 1.88 bits per heavy atom. The van der Waals surface area contributed by atoms with E-state index in [2.05, 4.69) is 0 Å². The zero-order valence-electron chi connectivity index (χ0n) is 12.3. The first kappa shape index (κ1) is 19.8. The van der Waals surface area contributed by atoms with Crippen LogP contribution in [0.5, 0.6) is 0 Å². The van der Waals surface area contributed by atoms with Crippen LogP contribution in [0.2, 0.25) is 0 Å². The summed E-state index contributed by atoms with van der Waals surface area (Å²) in [5, 5.41) is 10.6. The lowest BCUT2D eigenvalue weighted by atomic mass is 9.98. The first-order chi connectivity index (χ1) is 10.9. The number of amides is 1. The minimum absolute atomic E-state index is 0.406. The highest BCUT2D eigenvalue weighted by Gasteiger charge is 2.41. The summed E-state index contributed by atoms with van der Waals surface area (Å²) in [7, 11) is 0. The van der Waals surface area contributed by atoms with Gasteiger partial charge in [0.05, 0.1) is 17.2 Å². The molecule has 0 radical (unpaired) electrons. The molecule has 0 aliphatic rings. The molecule has 0 bridgehead atoms. The summed E-state index contributed by atoms with van der Waals surface area (Å²) in [4.78, 5) is 11.4. The first-order valence-electron chi connectivity index (χ1n) is 6.65. The number of halogens is 6. The second-order valence-corrected chi connectivity index (χ2v) is 4.92. The average molecular weight is 353 g/mol.